The molecule has 0 spiro atoms. The number of fused-ring (bicyclic) bond motifs is 1. The summed E-state index contributed by atoms with van der Waals surface area (Å²) >= 11 is 0.345. The van der Waals surface area contributed by atoms with E-state index >= 15 is 0 Å². The molecule has 0 atom stereocenters. The summed E-state index contributed by atoms with van der Waals surface area (Å²) in [4.78, 5) is 0. The molecule has 1 aromatic rings. The Morgan fingerprint density at radius 3 is 3.00 bits per heavy atom. The Bertz CT molecular complexity index is 263. The normalized spacial score (nSPS) is 15.6. The second kappa shape index (κ2) is 2.74. The zero-order valence-corrected chi connectivity index (χ0v) is 7.71. The van der Waals surface area contributed by atoms with Crippen LogP contribution in [0.2, 0.25) is 0 Å². The first-order valence-corrected chi connectivity index (χ1v) is 6.06. The third-order valence-corrected chi connectivity index (χ3v) is 3.74. The average Bonchev–Trinajstić information content (AvgIpc) is 2.05. The van der Waals surface area contributed by atoms with Crippen molar-refractivity contribution < 1.29 is 21.2 Å². The Kier molecular flexibility index (Phi) is 1.76. The molecule has 52 valence electrons. The van der Waals surface area contributed by atoms with Crippen molar-refractivity contribution in [3.8, 4) is 0 Å². The molecule has 0 bridgehead atoms. The van der Waals surface area contributed by atoms with Crippen molar-refractivity contribution in [3.63, 3.8) is 0 Å². The number of hydrogen-bond acceptors (Lipinski definition) is 0. The monoisotopic (exact) mass is 243 g/mol. The first-order valence-electron chi connectivity index (χ1n) is 3.29. The van der Waals surface area contributed by atoms with Crippen LogP contribution in [0, 0.1) is 0 Å². The summed E-state index contributed by atoms with van der Waals surface area (Å²) in [5, 5.41) is 0. The predicted molar refractivity (Wildman–Crippen MR) is 39.2 cm³/mol. The van der Waals surface area contributed by atoms with Gasteiger partial charge in [0.1, 0.15) is 0 Å². The molecule has 0 fully saturated rings. The maximum atomic E-state index is 2.35. The van der Waals surface area contributed by atoms with Crippen molar-refractivity contribution >= 4 is 6.08 Å². The van der Waals surface area contributed by atoms with Crippen molar-refractivity contribution in [2.45, 2.75) is 4.43 Å². The van der Waals surface area contributed by atoms with Crippen molar-refractivity contribution in [3.05, 3.63) is 39.5 Å². The molecule has 1 heteroatoms. The molecule has 1 aromatic carbocycles. The van der Waals surface area contributed by atoms with E-state index in [9.17, 15) is 0 Å². The summed E-state index contributed by atoms with van der Waals surface area (Å²) in [6, 6.07) is 8.65. The topological polar surface area (TPSA) is 0 Å². The van der Waals surface area contributed by atoms with Gasteiger partial charge in [0.15, 0.2) is 0 Å². The zero-order valence-electron chi connectivity index (χ0n) is 5.55. The van der Waals surface area contributed by atoms with E-state index in [-0.39, 0.29) is 0 Å². The van der Waals surface area contributed by atoms with Crippen molar-refractivity contribution in [1.29, 1.82) is 0 Å². The maximum absolute atomic E-state index is 2.35. The number of halogens is 1. The van der Waals surface area contributed by atoms with Crippen LogP contribution in [0.3, 0.4) is 0 Å². The Hall–Kier alpha value is -0.310. The van der Waals surface area contributed by atoms with Gasteiger partial charge < -0.3 is 0 Å². The van der Waals surface area contributed by atoms with E-state index in [4.69, 9.17) is 0 Å². The minimum absolute atomic E-state index is 0.345. The predicted octanol–water partition coefficient (Wildman–Crippen LogP) is -0.740. The standard InChI is InChI=1S/C9H8I/c1-2-4-9-7-10-6-5-8(9)3-1/h1-6H,7H2/q-1. The molecule has 0 N–H and O–H groups in total. The Morgan fingerprint density at radius 1 is 1.20 bits per heavy atom. The van der Waals surface area contributed by atoms with E-state index < -0.39 is 0 Å². The third-order valence-electron chi connectivity index (χ3n) is 1.61. The average molecular weight is 243 g/mol. The fourth-order valence-electron chi connectivity index (χ4n) is 1.06. The van der Waals surface area contributed by atoms with Gasteiger partial charge in [0.05, 0.1) is 0 Å². The summed E-state index contributed by atoms with van der Waals surface area (Å²) in [5.41, 5.74) is 2.96. The van der Waals surface area contributed by atoms with Gasteiger partial charge >= 0.3 is 71.2 Å². The molecule has 0 unspecified atom stereocenters. The number of alkyl halides is 1. The van der Waals surface area contributed by atoms with Crippen LogP contribution in [0.15, 0.2) is 28.3 Å². The summed E-state index contributed by atoms with van der Waals surface area (Å²) < 4.78 is 3.67. The van der Waals surface area contributed by atoms with Crippen molar-refractivity contribution in [1.82, 2.24) is 0 Å². The van der Waals surface area contributed by atoms with E-state index in [2.05, 4.69) is 34.4 Å². The summed E-state index contributed by atoms with van der Waals surface area (Å²) in [5.74, 6) is 0. The van der Waals surface area contributed by atoms with Crippen LogP contribution < -0.4 is 21.2 Å². The number of rotatable bonds is 0. The first-order chi connectivity index (χ1) is 4.97. The second-order valence-electron chi connectivity index (χ2n) is 2.28. The van der Waals surface area contributed by atoms with Crippen LogP contribution >= 0.6 is 0 Å². The van der Waals surface area contributed by atoms with Gasteiger partial charge in [-0.3, -0.25) is 0 Å². The molecule has 0 radical (unpaired) electrons. The molecule has 0 saturated heterocycles. The van der Waals surface area contributed by atoms with Crippen molar-refractivity contribution in [2.75, 3.05) is 0 Å². The molecule has 0 aliphatic carbocycles. The number of benzene rings is 1. The van der Waals surface area contributed by atoms with Gasteiger partial charge in [-0.25, -0.2) is 0 Å². The molecule has 10 heavy (non-hydrogen) atoms. The second-order valence-corrected chi connectivity index (χ2v) is 4.64. The van der Waals surface area contributed by atoms with E-state index in [0.29, 0.717) is 21.2 Å². The van der Waals surface area contributed by atoms with Gasteiger partial charge in [-0.1, -0.05) is 0 Å². The minimum atomic E-state index is 0.345. The fraction of sp³-hybridized carbons (Fsp3) is 0.111. The van der Waals surface area contributed by atoms with E-state index in [1.54, 1.807) is 0 Å². The molecule has 1 heterocycles. The van der Waals surface area contributed by atoms with Crippen LogP contribution in [-0.4, -0.2) is 0 Å². The molecule has 2 rings (SSSR count). The SMILES string of the molecule is C1=Cc2ccccc2C[I-]1. The molecule has 1 aliphatic rings. The van der Waals surface area contributed by atoms with Crippen LogP contribution in [0.1, 0.15) is 11.1 Å². The quantitative estimate of drug-likeness (QED) is 0.416. The molecule has 0 nitrogen and oxygen atoms in total. The van der Waals surface area contributed by atoms with E-state index in [1.807, 2.05) is 0 Å². The molecular formula is C9H8I-. The zero-order chi connectivity index (χ0) is 6.81. The summed E-state index contributed by atoms with van der Waals surface area (Å²) in [6.45, 7) is 0. The van der Waals surface area contributed by atoms with Gasteiger partial charge in [0.2, 0.25) is 0 Å². The molecule has 1 aliphatic heterocycles. The van der Waals surface area contributed by atoms with Crippen LogP contribution in [0.4, 0.5) is 0 Å². The number of hydrogen-bond donors (Lipinski definition) is 0. The van der Waals surface area contributed by atoms with Gasteiger partial charge in [0, 0.05) is 0 Å². The fourth-order valence-corrected chi connectivity index (χ4v) is 3.12. The van der Waals surface area contributed by atoms with Gasteiger partial charge in [-0.05, 0) is 0 Å². The van der Waals surface area contributed by atoms with Gasteiger partial charge in [-0.15, -0.1) is 0 Å². The van der Waals surface area contributed by atoms with Crippen LogP contribution in [0.25, 0.3) is 6.08 Å². The first kappa shape index (κ1) is 6.40. The van der Waals surface area contributed by atoms with Crippen LogP contribution in [0.5, 0.6) is 0 Å². The van der Waals surface area contributed by atoms with Gasteiger partial charge in [-0.2, -0.15) is 0 Å². The molecule has 0 amide bonds. The van der Waals surface area contributed by atoms with E-state index in [0.717, 1.165) is 0 Å². The molecule has 0 saturated carbocycles. The third kappa shape index (κ3) is 1.10. The summed E-state index contributed by atoms with van der Waals surface area (Å²) in [7, 11) is 0. The Balaban J connectivity index is 2.54. The Labute approximate surface area is 71.2 Å². The molecular weight excluding hydrogens is 235 g/mol. The van der Waals surface area contributed by atoms with Crippen molar-refractivity contribution in [2.24, 2.45) is 0 Å². The molecule has 0 aromatic heterocycles. The van der Waals surface area contributed by atoms with E-state index in [1.165, 1.54) is 15.6 Å². The summed E-state index contributed by atoms with van der Waals surface area (Å²) in [6.07, 6.45) is 2.26. The Morgan fingerprint density at radius 2 is 2.10 bits per heavy atom. The van der Waals surface area contributed by atoms with Crippen LogP contribution in [-0.2, 0) is 4.43 Å². The van der Waals surface area contributed by atoms with Gasteiger partial charge in [0.25, 0.3) is 0 Å².